The molecule has 0 amide bonds. The molecule has 0 aromatic carbocycles. The van der Waals surface area contributed by atoms with Crippen molar-refractivity contribution in [3.63, 3.8) is 0 Å². The van der Waals surface area contributed by atoms with Gasteiger partial charge in [0, 0.05) is 0 Å². The molecule has 82 valence electrons. The van der Waals surface area contributed by atoms with Crippen LogP contribution in [-0.4, -0.2) is 45.3 Å². The Bertz CT molecular complexity index is 185. The number of carbonyl (C=O) groups is 2. The van der Waals surface area contributed by atoms with Crippen LogP contribution in [0, 0.1) is 0 Å². The zero-order chi connectivity index (χ0) is 11.1. The maximum Gasteiger partial charge on any atom is 0.377 e. The molecular weight excluding hydrogens is 186 g/mol. The van der Waals surface area contributed by atoms with Crippen LogP contribution in [-0.2, 0) is 19.1 Å². The first-order valence-electron chi connectivity index (χ1n) is 4.67. The van der Waals surface area contributed by atoms with Crippen LogP contribution in [0.25, 0.3) is 0 Å². The van der Waals surface area contributed by atoms with Gasteiger partial charge >= 0.3 is 11.9 Å². The molecule has 0 aromatic rings. The Morgan fingerprint density at radius 1 is 1.07 bits per heavy atom. The molecular formula is C9H18NO4+. The Hall–Kier alpha value is -1.10. The van der Waals surface area contributed by atoms with Gasteiger partial charge in [-0.1, -0.05) is 0 Å². The fraction of sp³-hybridized carbons (Fsp3) is 0.778. The van der Waals surface area contributed by atoms with E-state index in [9.17, 15) is 9.59 Å². The van der Waals surface area contributed by atoms with E-state index in [2.05, 4.69) is 0 Å². The highest BCUT2D eigenvalue weighted by molar-refractivity contribution is 5.97. The number of esters is 2. The van der Waals surface area contributed by atoms with E-state index >= 15 is 0 Å². The molecule has 0 atom stereocenters. The lowest BCUT2D eigenvalue weighted by molar-refractivity contribution is -0.867. The van der Waals surface area contributed by atoms with Crippen LogP contribution >= 0.6 is 0 Å². The Morgan fingerprint density at radius 3 is 1.64 bits per heavy atom. The first-order chi connectivity index (χ1) is 6.54. The summed E-state index contributed by atoms with van der Waals surface area (Å²) in [4.78, 5) is 23.4. The van der Waals surface area contributed by atoms with Gasteiger partial charge in [-0.15, -0.1) is 0 Å². The molecule has 0 rings (SSSR count). The van der Waals surface area contributed by atoms with Gasteiger partial charge in [0.1, 0.15) is 0 Å². The van der Waals surface area contributed by atoms with E-state index in [0.717, 1.165) is 0 Å². The van der Waals surface area contributed by atoms with Gasteiger partial charge in [-0.05, 0) is 13.8 Å². The lowest BCUT2D eigenvalue weighted by atomic mass is 10.3. The van der Waals surface area contributed by atoms with E-state index in [0.29, 0.717) is 4.90 Å². The van der Waals surface area contributed by atoms with Gasteiger partial charge < -0.3 is 14.4 Å². The fourth-order valence-electron chi connectivity index (χ4n) is 1.02. The molecule has 0 bridgehead atoms. The van der Waals surface area contributed by atoms with E-state index < -0.39 is 18.0 Å². The molecule has 0 unspecified atom stereocenters. The minimum Gasteiger partial charge on any atom is -0.461 e. The number of rotatable bonds is 5. The summed E-state index contributed by atoms with van der Waals surface area (Å²) >= 11 is 0. The molecule has 1 N–H and O–H groups in total. The third-order valence-corrected chi connectivity index (χ3v) is 1.62. The second-order valence-corrected chi connectivity index (χ2v) is 3.01. The SMILES string of the molecule is CCOC(=O)C(C(=O)OCC)[NH+](C)C. The van der Waals surface area contributed by atoms with Crippen LogP contribution in [0.1, 0.15) is 13.8 Å². The highest BCUT2D eigenvalue weighted by Gasteiger charge is 2.35. The summed E-state index contributed by atoms with van der Waals surface area (Å²) in [5.74, 6) is -1.07. The third-order valence-electron chi connectivity index (χ3n) is 1.62. The molecule has 0 spiro atoms. The average molecular weight is 204 g/mol. The van der Waals surface area contributed by atoms with Crippen LogP contribution in [0.15, 0.2) is 0 Å². The van der Waals surface area contributed by atoms with E-state index in [-0.39, 0.29) is 13.2 Å². The Balaban J connectivity index is 4.42. The first-order valence-corrected chi connectivity index (χ1v) is 4.67. The molecule has 5 nitrogen and oxygen atoms in total. The van der Waals surface area contributed by atoms with E-state index in [1.807, 2.05) is 0 Å². The molecule has 14 heavy (non-hydrogen) atoms. The first kappa shape index (κ1) is 12.9. The van der Waals surface area contributed by atoms with Crippen molar-refractivity contribution in [2.75, 3.05) is 27.3 Å². The summed E-state index contributed by atoms with van der Waals surface area (Å²) < 4.78 is 9.54. The van der Waals surface area contributed by atoms with Crippen molar-refractivity contribution >= 4 is 11.9 Å². The highest BCUT2D eigenvalue weighted by atomic mass is 16.6. The second-order valence-electron chi connectivity index (χ2n) is 3.01. The number of quaternary nitrogens is 1. The predicted molar refractivity (Wildman–Crippen MR) is 49.9 cm³/mol. The number of carbonyl (C=O) groups excluding carboxylic acids is 2. The molecule has 0 saturated heterocycles. The van der Waals surface area contributed by atoms with Crippen LogP contribution in [0.4, 0.5) is 0 Å². The van der Waals surface area contributed by atoms with Crippen molar-refractivity contribution < 1.29 is 24.0 Å². The summed E-state index contributed by atoms with van der Waals surface area (Å²) in [5.41, 5.74) is 0. The van der Waals surface area contributed by atoms with Crippen LogP contribution in [0.2, 0.25) is 0 Å². The zero-order valence-corrected chi connectivity index (χ0v) is 9.12. The van der Waals surface area contributed by atoms with Gasteiger partial charge in [0.2, 0.25) is 0 Å². The minimum atomic E-state index is -0.880. The molecule has 0 heterocycles. The van der Waals surface area contributed by atoms with E-state index in [4.69, 9.17) is 9.47 Å². The van der Waals surface area contributed by atoms with Gasteiger partial charge in [0.25, 0.3) is 6.04 Å². The summed E-state index contributed by atoms with van der Waals surface area (Å²) in [6.07, 6.45) is 0. The standard InChI is InChI=1S/C9H17NO4/c1-5-13-8(11)7(10(3)4)9(12)14-6-2/h7H,5-6H2,1-4H3/p+1. The number of ether oxygens (including phenoxy) is 2. The maximum atomic E-state index is 11.4. The lowest BCUT2D eigenvalue weighted by Gasteiger charge is -2.17. The molecule has 5 heteroatoms. The number of hydrogen-bond acceptors (Lipinski definition) is 4. The Labute approximate surface area is 84.0 Å². The van der Waals surface area contributed by atoms with Gasteiger partial charge in [-0.2, -0.15) is 0 Å². The van der Waals surface area contributed by atoms with E-state index in [1.54, 1.807) is 27.9 Å². The van der Waals surface area contributed by atoms with Crippen LogP contribution < -0.4 is 4.90 Å². The monoisotopic (exact) mass is 204 g/mol. The fourth-order valence-corrected chi connectivity index (χ4v) is 1.02. The van der Waals surface area contributed by atoms with Gasteiger partial charge in [0.05, 0.1) is 27.3 Å². The van der Waals surface area contributed by atoms with Gasteiger partial charge in [-0.3, -0.25) is 0 Å². The van der Waals surface area contributed by atoms with Gasteiger partial charge in [0.15, 0.2) is 0 Å². The predicted octanol–water partition coefficient (Wildman–Crippen LogP) is -1.37. The quantitative estimate of drug-likeness (QED) is 0.443. The summed E-state index contributed by atoms with van der Waals surface area (Å²) in [7, 11) is 3.41. The smallest absolute Gasteiger partial charge is 0.377 e. The number of likely N-dealkylation sites (N-methyl/N-ethyl adjacent to an activating group) is 1. The summed E-state index contributed by atoms with van der Waals surface area (Å²) in [5, 5.41) is 0. The molecule has 0 aliphatic heterocycles. The van der Waals surface area contributed by atoms with Crippen molar-refractivity contribution in [3.8, 4) is 0 Å². The molecule has 0 saturated carbocycles. The summed E-state index contributed by atoms with van der Waals surface area (Å²) in [6, 6.07) is -0.880. The van der Waals surface area contributed by atoms with Crippen LogP contribution in [0.3, 0.4) is 0 Å². The summed E-state index contributed by atoms with van der Waals surface area (Å²) in [6.45, 7) is 3.93. The average Bonchev–Trinajstić information content (AvgIpc) is 2.04. The number of hydrogen-bond donors (Lipinski definition) is 1. The Morgan fingerprint density at radius 2 is 1.43 bits per heavy atom. The topological polar surface area (TPSA) is 57.0 Å². The number of nitrogens with one attached hydrogen (secondary N) is 1. The normalized spacial score (nSPS) is 10.4. The van der Waals surface area contributed by atoms with Crippen molar-refractivity contribution in [1.82, 2.24) is 0 Å². The molecule has 0 fully saturated rings. The second kappa shape index (κ2) is 6.37. The molecule has 0 aliphatic rings. The van der Waals surface area contributed by atoms with Gasteiger partial charge in [-0.25, -0.2) is 9.59 Å². The lowest BCUT2D eigenvalue weighted by Crippen LogP contribution is -3.12. The van der Waals surface area contributed by atoms with Crippen molar-refractivity contribution in [2.24, 2.45) is 0 Å². The van der Waals surface area contributed by atoms with Crippen molar-refractivity contribution in [2.45, 2.75) is 19.9 Å². The zero-order valence-electron chi connectivity index (χ0n) is 9.12. The Kier molecular flexibility index (Phi) is 5.87. The molecule has 0 aliphatic carbocycles. The van der Waals surface area contributed by atoms with Crippen LogP contribution in [0.5, 0.6) is 0 Å². The maximum absolute atomic E-state index is 11.4. The highest BCUT2D eigenvalue weighted by Crippen LogP contribution is 1.89. The van der Waals surface area contributed by atoms with Crippen molar-refractivity contribution in [3.05, 3.63) is 0 Å². The molecule has 0 aromatic heterocycles. The largest absolute Gasteiger partial charge is 0.461 e. The minimum absolute atomic E-state index is 0.266. The van der Waals surface area contributed by atoms with Crippen molar-refractivity contribution in [1.29, 1.82) is 0 Å². The molecule has 0 radical (unpaired) electrons. The van der Waals surface area contributed by atoms with E-state index in [1.165, 1.54) is 0 Å². The third kappa shape index (κ3) is 3.74.